The standard InChI is InChI=1S/C12H23N3O/c1-12(2,3)9-13-10-8-11(16)15(5)7-6-14(10)4/h6-9H2,1-5H3. The number of hydrogen-bond acceptors (Lipinski definition) is 2. The fraction of sp³-hybridized carbons (Fsp3) is 0.833. The van der Waals surface area contributed by atoms with E-state index in [1.54, 1.807) is 4.90 Å². The number of carbonyl (C=O) groups is 1. The molecule has 0 aromatic carbocycles. The Morgan fingerprint density at radius 2 is 1.75 bits per heavy atom. The van der Waals surface area contributed by atoms with E-state index in [4.69, 9.17) is 0 Å². The van der Waals surface area contributed by atoms with Crippen molar-refractivity contribution in [1.29, 1.82) is 0 Å². The van der Waals surface area contributed by atoms with E-state index in [-0.39, 0.29) is 11.3 Å². The summed E-state index contributed by atoms with van der Waals surface area (Å²) in [5.41, 5.74) is 0.176. The number of amides is 1. The Morgan fingerprint density at radius 3 is 2.31 bits per heavy atom. The SMILES string of the molecule is CN1CCN(C)C(=NCC(C)(C)C)CC1=O. The van der Waals surface area contributed by atoms with Crippen LogP contribution in [-0.2, 0) is 4.79 Å². The van der Waals surface area contributed by atoms with Crippen LogP contribution >= 0.6 is 0 Å². The predicted molar refractivity (Wildman–Crippen MR) is 66.6 cm³/mol. The van der Waals surface area contributed by atoms with E-state index >= 15 is 0 Å². The summed E-state index contributed by atoms with van der Waals surface area (Å²) in [6.07, 6.45) is 0.434. The monoisotopic (exact) mass is 225 g/mol. The van der Waals surface area contributed by atoms with E-state index in [9.17, 15) is 4.79 Å². The molecular formula is C12H23N3O. The van der Waals surface area contributed by atoms with Gasteiger partial charge in [-0.05, 0) is 5.41 Å². The van der Waals surface area contributed by atoms with Gasteiger partial charge in [-0.25, -0.2) is 0 Å². The lowest BCUT2D eigenvalue weighted by atomic mass is 9.97. The normalized spacial score (nSPS) is 21.6. The number of aliphatic imine (C=N–C) groups is 1. The molecule has 1 saturated heterocycles. The number of amidine groups is 1. The molecule has 1 fully saturated rings. The van der Waals surface area contributed by atoms with Crippen molar-refractivity contribution in [1.82, 2.24) is 9.80 Å². The quantitative estimate of drug-likeness (QED) is 0.673. The largest absolute Gasteiger partial charge is 0.361 e. The maximum atomic E-state index is 11.7. The van der Waals surface area contributed by atoms with Crippen molar-refractivity contribution in [3.63, 3.8) is 0 Å². The second-order valence-electron chi connectivity index (χ2n) is 5.71. The van der Waals surface area contributed by atoms with Gasteiger partial charge in [-0.15, -0.1) is 0 Å². The van der Waals surface area contributed by atoms with Gasteiger partial charge in [0.15, 0.2) is 0 Å². The average molecular weight is 225 g/mol. The summed E-state index contributed by atoms with van der Waals surface area (Å²) in [5, 5.41) is 0. The van der Waals surface area contributed by atoms with Gasteiger partial charge in [-0.1, -0.05) is 20.8 Å². The van der Waals surface area contributed by atoms with Crippen molar-refractivity contribution in [3.05, 3.63) is 0 Å². The van der Waals surface area contributed by atoms with E-state index in [0.29, 0.717) is 6.42 Å². The van der Waals surface area contributed by atoms with Gasteiger partial charge in [0, 0.05) is 33.7 Å². The Kier molecular flexibility index (Phi) is 3.94. The predicted octanol–water partition coefficient (Wildman–Crippen LogP) is 1.22. The topological polar surface area (TPSA) is 35.9 Å². The molecular weight excluding hydrogens is 202 g/mol. The minimum Gasteiger partial charge on any atom is -0.361 e. The third-order valence-corrected chi connectivity index (χ3v) is 2.68. The highest BCUT2D eigenvalue weighted by Crippen LogP contribution is 2.14. The number of likely N-dealkylation sites (N-methyl/N-ethyl adjacent to an activating group) is 2. The van der Waals surface area contributed by atoms with Crippen LogP contribution in [-0.4, -0.2) is 55.3 Å². The first-order chi connectivity index (χ1) is 7.29. The summed E-state index contributed by atoms with van der Waals surface area (Å²) in [6.45, 7) is 8.88. The molecule has 1 heterocycles. The molecule has 0 saturated carbocycles. The lowest BCUT2D eigenvalue weighted by Crippen LogP contribution is -2.29. The van der Waals surface area contributed by atoms with Crippen LogP contribution in [0.2, 0.25) is 0 Å². The van der Waals surface area contributed by atoms with Crippen LogP contribution in [0.5, 0.6) is 0 Å². The molecule has 0 unspecified atom stereocenters. The van der Waals surface area contributed by atoms with Gasteiger partial charge in [0.05, 0.1) is 6.42 Å². The fourth-order valence-electron chi connectivity index (χ4n) is 1.46. The van der Waals surface area contributed by atoms with Crippen molar-refractivity contribution >= 4 is 11.7 Å². The highest BCUT2D eigenvalue weighted by Gasteiger charge is 2.21. The average Bonchev–Trinajstić information content (AvgIpc) is 2.28. The molecule has 0 spiro atoms. The summed E-state index contributed by atoms with van der Waals surface area (Å²) in [7, 11) is 3.86. The van der Waals surface area contributed by atoms with Gasteiger partial charge in [-0.2, -0.15) is 0 Å². The van der Waals surface area contributed by atoms with Gasteiger partial charge >= 0.3 is 0 Å². The minimum absolute atomic E-state index is 0.164. The van der Waals surface area contributed by atoms with Gasteiger partial charge in [0.2, 0.25) is 5.91 Å². The second kappa shape index (κ2) is 4.85. The van der Waals surface area contributed by atoms with E-state index in [1.807, 2.05) is 14.1 Å². The molecule has 0 N–H and O–H groups in total. The van der Waals surface area contributed by atoms with Crippen molar-refractivity contribution in [2.75, 3.05) is 33.7 Å². The smallest absolute Gasteiger partial charge is 0.229 e. The molecule has 4 heteroatoms. The van der Waals surface area contributed by atoms with Crippen LogP contribution in [0, 0.1) is 5.41 Å². The highest BCUT2D eigenvalue weighted by atomic mass is 16.2. The van der Waals surface area contributed by atoms with Crippen LogP contribution < -0.4 is 0 Å². The molecule has 1 amide bonds. The molecule has 0 bridgehead atoms. The van der Waals surface area contributed by atoms with E-state index < -0.39 is 0 Å². The third-order valence-electron chi connectivity index (χ3n) is 2.68. The van der Waals surface area contributed by atoms with E-state index in [1.165, 1.54) is 0 Å². The Labute approximate surface area is 98.3 Å². The summed E-state index contributed by atoms with van der Waals surface area (Å²) in [6, 6.07) is 0. The van der Waals surface area contributed by atoms with Crippen molar-refractivity contribution < 1.29 is 4.79 Å². The number of carbonyl (C=O) groups excluding carboxylic acids is 1. The second-order valence-corrected chi connectivity index (χ2v) is 5.71. The lowest BCUT2D eigenvalue weighted by Gasteiger charge is -2.20. The molecule has 0 radical (unpaired) electrons. The summed E-state index contributed by atoms with van der Waals surface area (Å²) in [4.78, 5) is 20.2. The molecule has 1 rings (SSSR count). The van der Waals surface area contributed by atoms with Gasteiger partial charge in [-0.3, -0.25) is 9.79 Å². The van der Waals surface area contributed by atoms with Crippen LogP contribution in [0.1, 0.15) is 27.2 Å². The maximum Gasteiger partial charge on any atom is 0.229 e. The highest BCUT2D eigenvalue weighted by molar-refractivity contribution is 6.00. The van der Waals surface area contributed by atoms with Gasteiger partial charge < -0.3 is 9.80 Å². The number of nitrogens with zero attached hydrogens (tertiary/aromatic N) is 3. The molecule has 16 heavy (non-hydrogen) atoms. The first-order valence-corrected chi connectivity index (χ1v) is 5.78. The lowest BCUT2D eigenvalue weighted by molar-refractivity contribution is -0.128. The minimum atomic E-state index is 0.164. The van der Waals surface area contributed by atoms with Gasteiger partial charge in [0.25, 0.3) is 0 Å². The van der Waals surface area contributed by atoms with Crippen molar-refractivity contribution in [2.45, 2.75) is 27.2 Å². The van der Waals surface area contributed by atoms with Crippen molar-refractivity contribution in [2.24, 2.45) is 10.4 Å². The van der Waals surface area contributed by atoms with E-state index in [0.717, 1.165) is 25.5 Å². The molecule has 92 valence electrons. The third kappa shape index (κ3) is 3.83. The Bertz CT molecular complexity index is 291. The molecule has 4 nitrogen and oxygen atoms in total. The fourth-order valence-corrected chi connectivity index (χ4v) is 1.46. The first kappa shape index (κ1) is 13.0. The maximum absolute atomic E-state index is 11.7. The summed E-state index contributed by atoms with van der Waals surface area (Å²) < 4.78 is 0. The summed E-state index contributed by atoms with van der Waals surface area (Å²) in [5.74, 6) is 1.08. The van der Waals surface area contributed by atoms with Crippen LogP contribution in [0.15, 0.2) is 4.99 Å². The van der Waals surface area contributed by atoms with E-state index in [2.05, 4.69) is 30.7 Å². The number of hydrogen-bond donors (Lipinski definition) is 0. The molecule has 0 aromatic rings. The zero-order valence-corrected chi connectivity index (χ0v) is 11.1. The first-order valence-electron chi connectivity index (χ1n) is 5.78. The Hall–Kier alpha value is -1.06. The zero-order chi connectivity index (χ0) is 12.3. The van der Waals surface area contributed by atoms with Crippen LogP contribution in [0.4, 0.5) is 0 Å². The van der Waals surface area contributed by atoms with Crippen LogP contribution in [0.25, 0.3) is 0 Å². The Morgan fingerprint density at radius 1 is 1.19 bits per heavy atom. The molecule has 1 aliphatic rings. The molecule has 1 aliphatic heterocycles. The van der Waals surface area contributed by atoms with Gasteiger partial charge in [0.1, 0.15) is 5.84 Å². The van der Waals surface area contributed by atoms with Crippen molar-refractivity contribution in [3.8, 4) is 0 Å². The number of rotatable bonds is 1. The molecule has 0 aromatic heterocycles. The molecule has 0 atom stereocenters. The summed E-state index contributed by atoms with van der Waals surface area (Å²) >= 11 is 0. The van der Waals surface area contributed by atoms with Crippen LogP contribution in [0.3, 0.4) is 0 Å². The molecule has 0 aliphatic carbocycles. The Balaban J connectivity index is 2.73. The zero-order valence-electron chi connectivity index (χ0n) is 11.1.